The number of benzene rings is 1. The van der Waals surface area contributed by atoms with E-state index in [0.717, 1.165) is 6.20 Å². The van der Waals surface area contributed by atoms with Gasteiger partial charge in [0, 0.05) is 23.5 Å². The lowest BCUT2D eigenvalue weighted by molar-refractivity contribution is -0.139. The zero-order valence-electron chi connectivity index (χ0n) is 10.1. The van der Waals surface area contributed by atoms with Crippen molar-refractivity contribution in [3.63, 3.8) is 0 Å². The molecule has 0 fully saturated rings. The minimum atomic E-state index is -4.81. The molecule has 0 amide bonds. The molecule has 0 spiro atoms. The fraction of sp³-hybridized carbons (Fsp3) is 0.154. The number of halogens is 6. The monoisotopic (exact) mass is 307 g/mol. The maximum absolute atomic E-state index is 13.6. The molecule has 112 valence electrons. The van der Waals surface area contributed by atoms with E-state index in [1.807, 2.05) is 0 Å². The van der Waals surface area contributed by atoms with Gasteiger partial charge in [-0.3, -0.25) is 4.98 Å². The lowest BCUT2D eigenvalue weighted by Gasteiger charge is -2.17. The highest BCUT2D eigenvalue weighted by Crippen LogP contribution is 2.36. The van der Waals surface area contributed by atoms with Crippen molar-refractivity contribution >= 4 is 0 Å². The number of aromatic nitrogens is 1. The van der Waals surface area contributed by atoms with Crippen LogP contribution in [-0.4, -0.2) is 10.1 Å². The van der Waals surface area contributed by atoms with Gasteiger partial charge in [-0.25, -0.2) is 13.2 Å². The number of pyridine rings is 1. The van der Waals surface area contributed by atoms with Gasteiger partial charge in [-0.1, -0.05) is 6.07 Å². The van der Waals surface area contributed by atoms with Gasteiger partial charge in [-0.15, -0.1) is 0 Å². The van der Waals surface area contributed by atoms with E-state index in [1.54, 1.807) is 0 Å². The smallest absolute Gasteiger partial charge is 0.383 e. The predicted molar refractivity (Wildman–Crippen MR) is 59.6 cm³/mol. The molecule has 0 saturated carbocycles. The maximum atomic E-state index is 13.6. The molecule has 21 heavy (non-hydrogen) atoms. The number of rotatable bonds is 2. The van der Waals surface area contributed by atoms with Crippen LogP contribution in [0.5, 0.6) is 0 Å². The number of aliphatic hydroxyl groups is 1. The summed E-state index contributed by atoms with van der Waals surface area (Å²) in [6.07, 6.45) is -5.41. The molecule has 1 aromatic heterocycles. The van der Waals surface area contributed by atoms with Gasteiger partial charge >= 0.3 is 6.18 Å². The Balaban J connectivity index is 2.56. The second-order valence-corrected chi connectivity index (χ2v) is 4.13. The van der Waals surface area contributed by atoms with E-state index in [9.17, 15) is 31.4 Å². The highest BCUT2D eigenvalue weighted by molar-refractivity contribution is 5.36. The third-order valence-electron chi connectivity index (χ3n) is 2.81. The van der Waals surface area contributed by atoms with Crippen LogP contribution in [0.15, 0.2) is 30.6 Å². The van der Waals surface area contributed by atoms with Gasteiger partial charge in [0.15, 0.2) is 17.5 Å². The highest BCUT2D eigenvalue weighted by Gasteiger charge is 2.36. The molecule has 0 aliphatic carbocycles. The zero-order chi connectivity index (χ0) is 15.8. The Morgan fingerprint density at radius 2 is 1.62 bits per heavy atom. The quantitative estimate of drug-likeness (QED) is 0.679. The molecule has 0 aliphatic rings. The van der Waals surface area contributed by atoms with Crippen molar-refractivity contribution in [2.45, 2.75) is 12.3 Å². The van der Waals surface area contributed by atoms with Gasteiger partial charge in [-0.2, -0.15) is 13.2 Å². The van der Waals surface area contributed by atoms with Crippen molar-refractivity contribution in [2.24, 2.45) is 0 Å². The summed E-state index contributed by atoms with van der Waals surface area (Å²) in [5.74, 6) is -5.13. The first-order chi connectivity index (χ1) is 9.73. The second kappa shape index (κ2) is 5.36. The van der Waals surface area contributed by atoms with Crippen molar-refractivity contribution in [2.75, 3.05) is 0 Å². The summed E-state index contributed by atoms with van der Waals surface area (Å²) in [4.78, 5) is 3.42. The largest absolute Gasteiger partial charge is 0.416 e. The number of nitrogens with zero attached hydrogens (tertiary/aromatic N) is 1. The van der Waals surface area contributed by atoms with E-state index >= 15 is 0 Å². The molecule has 2 rings (SSSR count). The van der Waals surface area contributed by atoms with E-state index < -0.39 is 46.4 Å². The second-order valence-electron chi connectivity index (χ2n) is 4.13. The van der Waals surface area contributed by atoms with Gasteiger partial charge in [0.1, 0.15) is 6.10 Å². The zero-order valence-corrected chi connectivity index (χ0v) is 10.1. The minimum Gasteiger partial charge on any atom is -0.383 e. The van der Waals surface area contributed by atoms with E-state index in [-0.39, 0.29) is 0 Å². The van der Waals surface area contributed by atoms with Crippen molar-refractivity contribution in [1.29, 1.82) is 0 Å². The Labute approximate surface area is 114 Å². The molecule has 1 heterocycles. The summed E-state index contributed by atoms with van der Waals surface area (Å²) in [5, 5.41) is 9.86. The molecular formula is C13H7F6NO. The van der Waals surface area contributed by atoms with Crippen molar-refractivity contribution in [3.05, 3.63) is 64.7 Å². The van der Waals surface area contributed by atoms with E-state index in [0.29, 0.717) is 24.4 Å². The summed E-state index contributed by atoms with van der Waals surface area (Å²) in [6, 6.07) is 1.78. The van der Waals surface area contributed by atoms with E-state index in [2.05, 4.69) is 4.98 Å². The molecule has 2 aromatic rings. The topological polar surface area (TPSA) is 33.1 Å². The summed E-state index contributed by atoms with van der Waals surface area (Å²) in [6.45, 7) is 0. The molecular weight excluding hydrogens is 300 g/mol. The Kier molecular flexibility index (Phi) is 3.91. The lowest BCUT2D eigenvalue weighted by Crippen LogP contribution is -2.14. The molecule has 1 unspecified atom stereocenters. The predicted octanol–water partition coefficient (Wildman–Crippen LogP) is 3.60. The Hall–Kier alpha value is -2.09. The molecule has 1 atom stereocenters. The summed E-state index contributed by atoms with van der Waals surface area (Å²) >= 11 is 0. The fourth-order valence-corrected chi connectivity index (χ4v) is 1.80. The maximum Gasteiger partial charge on any atom is 0.416 e. The molecule has 0 saturated heterocycles. The van der Waals surface area contributed by atoms with Gasteiger partial charge in [0.2, 0.25) is 0 Å². The molecule has 0 bridgehead atoms. The van der Waals surface area contributed by atoms with Crippen molar-refractivity contribution < 1.29 is 31.4 Å². The van der Waals surface area contributed by atoms with Crippen LogP contribution in [0.3, 0.4) is 0 Å². The fourth-order valence-electron chi connectivity index (χ4n) is 1.80. The van der Waals surface area contributed by atoms with Gasteiger partial charge in [-0.05, 0) is 12.1 Å². The molecule has 0 aliphatic heterocycles. The minimum absolute atomic E-state index is 0.514. The first kappa shape index (κ1) is 15.3. The summed E-state index contributed by atoms with van der Waals surface area (Å²) in [7, 11) is 0. The van der Waals surface area contributed by atoms with Gasteiger partial charge in [0.25, 0.3) is 0 Å². The Morgan fingerprint density at radius 3 is 2.24 bits per heavy atom. The van der Waals surface area contributed by atoms with E-state index in [1.165, 1.54) is 0 Å². The SMILES string of the molecule is OC(c1cnccc1C(F)(F)F)c1ccc(F)c(F)c1F. The molecule has 1 N–H and O–H groups in total. The van der Waals surface area contributed by atoms with Crippen LogP contribution in [0.4, 0.5) is 26.3 Å². The first-order valence-electron chi connectivity index (χ1n) is 5.56. The van der Waals surface area contributed by atoms with Gasteiger partial charge < -0.3 is 5.11 Å². The first-order valence-corrected chi connectivity index (χ1v) is 5.56. The third kappa shape index (κ3) is 2.85. The van der Waals surface area contributed by atoms with Crippen molar-refractivity contribution in [1.82, 2.24) is 4.98 Å². The standard InChI is InChI=1S/C13H7F6NO/c14-9-2-1-6(10(15)11(9)16)12(21)7-5-20-4-3-8(7)13(17,18)19/h1-5,12,21H. The Bertz CT molecular complexity index is 670. The molecule has 0 radical (unpaired) electrons. The Morgan fingerprint density at radius 1 is 0.952 bits per heavy atom. The van der Waals surface area contributed by atoms with Crippen LogP contribution in [0.2, 0.25) is 0 Å². The number of hydrogen-bond donors (Lipinski definition) is 1. The summed E-state index contributed by atoms with van der Waals surface area (Å²) < 4.78 is 77.9. The van der Waals surface area contributed by atoms with Crippen LogP contribution in [0, 0.1) is 17.5 Å². The highest BCUT2D eigenvalue weighted by atomic mass is 19.4. The molecule has 8 heteroatoms. The third-order valence-corrected chi connectivity index (χ3v) is 2.81. The van der Waals surface area contributed by atoms with Crippen LogP contribution < -0.4 is 0 Å². The van der Waals surface area contributed by atoms with Gasteiger partial charge in [0.05, 0.1) is 5.56 Å². The normalized spacial score (nSPS) is 13.3. The van der Waals surface area contributed by atoms with Crippen molar-refractivity contribution in [3.8, 4) is 0 Å². The number of aliphatic hydroxyl groups excluding tert-OH is 1. The average Bonchev–Trinajstić information content (AvgIpc) is 2.43. The van der Waals surface area contributed by atoms with Crippen LogP contribution in [-0.2, 0) is 6.18 Å². The molecule has 2 nitrogen and oxygen atoms in total. The molecule has 1 aromatic carbocycles. The average molecular weight is 307 g/mol. The van der Waals surface area contributed by atoms with Crippen LogP contribution in [0.25, 0.3) is 0 Å². The summed E-state index contributed by atoms with van der Waals surface area (Å²) in [5.41, 5.74) is -2.81. The number of hydrogen-bond acceptors (Lipinski definition) is 2. The lowest BCUT2D eigenvalue weighted by atomic mass is 9.98. The number of alkyl halides is 3. The van der Waals surface area contributed by atoms with E-state index in [4.69, 9.17) is 0 Å². The van der Waals surface area contributed by atoms with Crippen LogP contribution >= 0.6 is 0 Å². The van der Waals surface area contributed by atoms with Crippen LogP contribution in [0.1, 0.15) is 22.8 Å².